The first-order valence-corrected chi connectivity index (χ1v) is 5.41. The van der Waals surface area contributed by atoms with Crippen LogP contribution < -0.4 is 10.1 Å². The Labute approximate surface area is 105 Å². The first-order valence-electron chi connectivity index (χ1n) is 5.41. The monoisotopic (exact) mass is 240 g/mol. The molecule has 0 amide bonds. The second kappa shape index (κ2) is 5.64. The van der Waals surface area contributed by atoms with Crippen LogP contribution in [0.5, 0.6) is 5.75 Å². The third-order valence-electron chi connectivity index (χ3n) is 2.41. The number of benzene rings is 1. The van der Waals surface area contributed by atoms with Crippen LogP contribution in [-0.2, 0) is 6.54 Å². The van der Waals surface area contributed by atoms with E-state index < -0.39 is 0 Å². The quantitative estimate of drug-likeness (QED) is 0.884. The van der Waals surface area contributed by atoms with Crippen molar-refractivity contribution in [2.45, 2.75) is 6.54 Å². The summed E-state index contributed by atoms with van der Waals surface area (Å²) in [5.74, 6) is 1.30. The van der Waals surface area contributed by atoms with Gasteiger partial charge in [-0.3, -0.25) is 0 Å². The van der Waals surface area contributed by atoms with Crippen LogP contribution in [0.15, 0.2) is 36.7 Å². The Bertz CT molecular complexity index is 560. The topological polar surface area (TPSA) is 70.8 Å². The van der Waals surface area contributed by atoms with Crippen molar-refractivity contribution < 1.29 is 4.74 Å². The summed E-state index contributed by atoms with van der Waals surface area (Å²) in [5, 5.41) is 11.7. The molecule has 0 saturated carbocycles. The Morgan fingerprint density at radius 3 is 2.67 bits per heavy atom. The summed E-state index contributed by atoms with van der Waals surface area (Å²) in [6.07, 6.45) is 2.97. The van der Waals surface area contributed by atoms with Gasteiger partial charge in [-0.05, 0) is 6.07 Å². The maximum Gasteiger partial charge on any atom is 0.222 e. The van der Waals surface area contributed by atoms with Crippen LogP contribution in [-0.4, -0.2) is 17.1 Å². The van der Waals surface area contributed by atoms with E-state index in [2.05, 4.69) is 15.3 Å². The van der Waals surface area contributed by atoms with Gasteiger partial charge in [0.05, 0.1) is 25.1 Å². The minimum atomic E-state index is 0.442. The largest absolute Gasteiger partial charge is 0.496 e. The predicted molar refractivity (Wildman–Crippen MR) is 67.1 cm³/mol. The SMILES string of the molecule is COc1ccccc1CNc1ncc(C#N)cn1. The van der Waals surface area contributed by atoms with Crippen molar-refractivity contribution in [1.29, 1.82) is 5.26 Å². The lowest BCUT2D eigenvalue weighted by molar-refractivity contribution is 0.410. The van der Waals surface area contributed by atoms with Crippen LogP contribution in [0.25, 0.3) is 0 Å². The molecule has 0 bridgehead atoms. The minimum absolute atomic E-state index is 0.442. The molecule has 1 heterocycles. The molecule has 18 heavy (non-hydrogen) atoms. The first kappa shape index (κ1) is 11.9. The molecule has 0 atom stereocenters. The van der Waals surface area contributed by atoms with Crippen LogP contribution in [0.3, 0.4) is 0 Å². The maximum absolute atomic E-state index is 8.64. The van der Waals surface area contributed by atoms with Gasteiger partial charge in [0.25, 0.3) is 0 Å². The van der Waals surface area contributed by atoms with Gasteiger partial charge in [0.15, 0.2) is 0 Å². The summed E-state index contributed by atoms with van der Waals surface area (Å²) >= 11 is 0. The highest BCUT2D eigenvalue weighted by Gasteiger charge is 2.02. The Morgan fingerprint density at radius 2 is 2.00 bits per heavy atom. The van der Waals surface area contributed by atoms with Gasteiger partial charge < -0.3 is 10.1 Å². The number of methoxy groups -OCH3 is 1. The average Bonchev–Trinajstić information content (AvgIpc) is 2.46. The number of nitrogens with zero attached hydrogens (tertiary/aromatic N) is 3. The van der Waals surface area contributed by atoms with E-state index in [-0.39, 0.29) is 0 Å². The van der Waals surface area contributed by atoms with E-state index in [9.17, 15) is 0 Å². The smallest absolute Gasteiger partial charge is 0.222 e. The fourth-order valence-corrected chi connectivity index (χ4v) is 1.50. The summed E-state index contributed by atoms with van der Waals surface area (Å²) in [7, 11) is 1.64. The van der Waals surface area contributed by atoms with Crippen LogP contribution in [0, 0.1) is 11.3 Å². The molecule has 0 aliphatic heterocycles. The number of anilines is 1. The number of hydrogen-bond acceptors (Lipinski definition) is 5. The molecule has 0 spiro atoms. The zero-order valence-corrected chi connectivity index (χ0v) is 9.92. The lowest BCUT2D eigenvalue weighted by Crippen LogP contribution is -2.04. The number of para-hydroxylation sites is 1. The second-order valence-electron chi connectivity index (χ2n) is 3.57. The van der Waals surface area contributed by atoms with Gasteiger partial charge in [0.1, 0.15) is 11.8 Å². The third-order valence-corrected chi connectivity index (χ3v) is 2.41. The van der Waals surface area contributed by atoms with Crippen molar-refractivity contribution in [3.63, 3.8) is 0 Å². The summed E-state index contributed by atoms with van der Waals surface area (Å²) in [5.41, 5.74) is 1.46. The normalized spacial score (nSPS) is 9.56. The van der Waals surface area contributed by atoms with Crippen molar-refractivity contribution in [2.75, 3.05) is 12.4 Å². The molecule has 1 N–H and O–H groups in total. The number of ether oxygens (including phenoxy) is 1. The van der Waals surface area contributed by atoms with E-state index >= 15 is 0 Å². The van der Waals surface area contributed by atoms with Crippen LogP contribution in [0.1, 0.15) is 11.1 Å². The lowest BCUT2D eigenvalue weighted by atomic mass is 10.2. The molecule has 0 aliphatic rings. The molecular weight excluding hydrogens is 228 g/mol. The molecule has 0 aliphatic carbocycles. The van der Waals surface area contributed by atoms with E-state index in [0.29, 0.717) is 18.1 Å². The molecule has 5 nitrogen and oxygen atoms in total. The number of rotatable bonds is 4. The molecule has 0 saturated heterocycles. The van der Waals surface area contributed by atoms with Gasteiger partial charge in [-0.15, -0.1) is 0 Å². The molecule has 0 unspecified atom stereocenters. The molecule has 2 rings (SSSR count). The second-order valence-corrected chi connectivity index (χ2v) is 3.57. The number of nitriles is 1. The summed E-state index contributed by atoms with van der Waals surface area (Å²) < 4.78 is 5.25. The molecular formula is C13H12N4O. The van der Waals surface area contributed by atoms with Gasteiger partial charge in [0.2, 0.25) is 5.95 Å². The highest BCUT2D eigenvalue weighted by molar-refractivity contribution is 5.37. The average molecular weight is 240 g/mol. The standard InChI is InChI=1S/C13H12N4O/c1-18-12-5-3-2-4-11(12)9-17-13-15-7-10(6-14)8-16-13/h2-5,7-8H,9H2,1H3,(H,15,16,17). The van der Waals surface area contributed by atoms with Gasteiger partial charge >= 0.3 is 0 Å². The van der Waals surface area contributed by atoms with Gasteiger partial charge in [-0.2, -0.15) is 5.26 Å². The van der Waals surface area contributed by atoms with Gasteiger partial charge in [0, 0.05) is 12.1 Å². The maximum atomic E-state index is 8.64. The highest BCUT2D eigenvalue weighted by atomic mass is 16.5. The van der Waals surface area contributed by atoms with Crippen molar-refractivity contribution in [2.24, 2.45) is 0 Å². The fourth-order valence-electron chi connectivity index (χ4n) is 1.50. The van der Waals surface area contributed by atoms with Crippen LogP contribution in [0.2, 0.25) is 0 Å². The molecule has 2 aromatic rings. The number of aromatic nitrogens is 2. The minimum Gasteiger partial charge on any atom is -0.496 e. The Hall–Kier alpha value is -2.61. The van der Waals surface area contributed by atoms with Crippen LogP contribution in [0.4, 0.5) is 5.95 Å². The summed E-state index contributed by atoms with van der Waals surface area (Å²) in [6, 6.07) is 9.70. The molecule has 0 fully saturated rings. The van der Waals surface area contributed by atoms with E-state index in [1.165, 1.54) is 12.4 Å². The molecule has 1 aromatic heterocycles. The zero-order chi connectivity index (χ0) is 12.8. The fraction of sp³-hybridized carbons (Fsp3) is 0.154. The van der Waals surface area contributed by atoms with Crippen LogP contribution >= 0.6 is 0 Å². The lowest BCUT2D eigenvalue weighted by Gasteiger charge is -2.08. The Kier molecular flexibility index (Phi) is 3.72. The van der Waals surface area contributed by atoms with Crippen molar-refractivity contribution in [1.82, 2.24) is 9.97 Å². The third kappa shape index (κ3) is 2.74. The van der Waals surface area contributed by atoms with E-state index in [4.69, 9.17) is 10.00 Å². The van der Waals surface area contributed by atoms with Gasteiger partial charge in [-0.1, -0.05) is 18.2 Å². The molecule has 0 radical (unpaired) electrons. The van der Waals surface area contributed by atoms with E-state index in [1.807, 2.05) is 30.3 Å². The Balaban J connectivity index is 2.04. The van der Waals surface area contributed by atoms with Crippen molar-refractivity contribution >= 4 is 5.95 Å². The predicted octanol–water partition coefficient (Wildman–Crippen LogP) is 1.97. The van der Waals surface area contributed by atoms with Gasteiger partial charge in [-0.25, -0.2) is 9.97 Å². The zero-order valence-electron chi connectivity index (χ0n) is 9.92. The van der Waals surface area contributed by atoms with E-state index in [0.717, 1.165) is 11.3 Å². The number of hydrogen-bond donors (Lipinski definition) is 1. The summed E-state index contributed by atoms with van der Waals surface area (Å²) in [6.45, 7) is 0.565. The summed E-state index contributed by atoms with van der Waals surface area (Å²) in [4.78, 5) is 8.07. The molecule has 5 heteroatoms. The highest BCUT2D eigenvalue weighted by Crippen LogP contribution is 2.17. The Morgan fingerprint density at radius 1 is 1.28 bits per heavy atom. The molecule has 1 aromatic carbocycles. The van der Waals surface area contributed by atoms with Crippen molar-refractivity contribution in [3.8, 4) is 11.8 Å². The number of nitrogens with one attached hydrogen (secondary N) is 1. The van der Waals surface area contributed by atoms with Crippen molar-refractivity contribution in [3.05, 3.63) is 47.8 Å². The first-order chi connectivity index (χ1) is 8.83. The van der Waals surface area contributed by atoms with E-state index in [1.54, 1.807) is 7.11 Å². The molecule has 90 valence electrons.